The highest BCUT2D eigenvalue weighted by Gasteiger charge is 2.48. The highest BCUT2D eigenvalue weighted by molar-refractivity contribution is 4.96. The van der Waals surface area contributed by atoms with Crippen LogP contribution >= 0.6 is 0 Å². The first-order valence-corrected chi connectivity index (χ1v) is 4.74. The monoisotopic (exact) mass is 172 g/mol. The van der Waals surface area contributed by atoms with E-state index in [9.17, 15) is 0 Å². The van der Waals surface area contributed by atoms with Crippen LogP contribution < -0.4 is 0 Å². The molecule has 12 heavy (non-hydrogen) atoms. The van der Waals surface area contributed by atoms with E-state index in [0.717, 1.165) is 6.42 Å². The van der Waals surface area contributed by atoms with E-state index in [1.165, 1.54) is 0 Å². The molecule has 1 aliphatic heterocycles. The third-order valence-corrected chi connectivity index (χ3v) is 2.84. The largest absolute Gasteiger partial charge is 0.394 e. The van der Waals surface area contributed by atoms with E-state index < -0.39 is 0 Å². The van der Waals surface area contributed by atoms with Crippen molar-refractivity contribution in [1.82, 2.24) is 0 Å². The van der Waals surface area contributed by atoms with Gasteiger partial charge >= 0.3 is 0 Å². The molecule has 1 N–H and O–H groups in total. The predicted octanol–water partition coefficient (Wildman–Crippen LogP) is 1.82. The summed E-state index contributed by atoms with van der Waals surface area (Å²) in [6.07, 6.45) is 1.50. The maximum absolute atomic E-state index is 8.95. The van der Waals surface area contributed by atoms with Crippen LogP contribution in [0.1, 0.15) is 34.1 Å². The van der Waals surface area contributed by atoms with Crippen LogP contribution in [0.4, 0.5) is 0 Å². The number of ether oxygens (including phenoxy) is 1. The molecule has 2 heteroatoms. The lowest BCUT2D eigenvalue weighted by Crippen LogP contribution is -2.58. The summed E-state index contributed by atoms with van der Waals surface area (Å²) in [7, 11) is 0. The number of aliphatic hydroxyl groups excluding tert-OH is 1. The van der Waals surface area contributed by atoms with Gasteiger partial charge < -0.3 is 9.84 Å². The average molecular weight is 172 g/mol. The van der Waals surface area contributed by atoms with Crippen molar-refractivity contribution >= 4 is 0 Å². The molecule has 0 spiro atoms. The van der Waals surface area contributed by atoms with Crippen LogP contribution in [0.2, 0.25) is 0 Å². The Labute approximate surface area is 74.9 Å². The van der Waals surface area contributed by atoms with E-state index in [0.29, 0.717) is 12.0 Å². The summed E-state index contributed by atoms with van der Waals surface area (Å²) in [5.41, 5.74) is 0.166. The number of hydrogen-bond donors (Lipinski definition) is 1. The van der Waals surface area contributed by atoms with Crippen molar-refractivity contribution in [2.75, 3.05) is 6.61 Å². The fourth-order valence-corrected chi connectivity index (χ4v) is 1.75. The van der Waals surface area contributed by atoms with Gasteiger partial charge in [0.2, 0.25) is 0 Å². The number of rotatable bonds is 3. The zero-order valence-corrected chi connectivity index (χ0v) is 8.50. The minimum atomic E-state index is 0.0567. The maximum Gasteiger partial charge on any atom is 0.0885 e. The predicted molar refractivity (Wildman–Crippen MR) is 49.0 cm³/mol. The highest BCUT2D eigenvalue weighted by atomic mass is 16.5. The maximum atomic E-state index is 8.95. The van der Waals surface area contributed by atoms with E-state index in [1.54, 1.807) is 0 Å². The third-order valence-electron chi connectivity index (χ3n) is 2.84. The normalized spacial score (nSPS) is 33.5. The second kappa shape index (κ2) is 3.35. The van der Waals surface area contributed by atoms with Gasteiger partial charge in [0.1, 0.15) is 0 Å². The molecule has 0 aliphatic carbocycles. The SMILES string of the molecule is CC(C)C[C@H]1O[C@H](CO)C1(C)C. The molecule has 0 aromatic carbocycles. The zero-order chi connectivity index (χ0) is 9.35. The molecule has 72 valence electrons. The molecule has 0 radical (unpaired) electrons. The second-order valence-corrected chi connectivity index (χ2v) is 4.75. The minimum absolute atomic E-state index is 0.0567. The number of hydrogen-bond acceptors (Lipinski definition) is 2. The van der Waals surface area contributed by atoms with Gasteiger partial charge in [-0.15, -0.1) is 0 Å². The summed E-state index contributed by atoms with van der Waals surface area (Å²) >= 11 is 0. The van der Waals surface area contributed by atoms with Crippen molar-refractivity contribution in [3.8, 4) is 0 Å². The van der Waals surface area contributed by atoms with Crippen LogP contribution in [-0.2, 0) is 4.74 Å². The molecule has 0 bridgehead atoms. The topological polar surface area (TPSA) is 29.5 Å². The first kappa shape index (κ1) is 10.0. The van der Waals surface area contributed by atoms with Crippen LogP contribution in [0.25, 0.3) is 0 Å². The third kappa shape index (κ3) is 1.64. The van der Waals surface area contributed by atoms with Gasteiger partial charge in [-0.1, -0.05) is 27.7 Å². The lowest BCUT2D eigenvalue weighted by atomic mass is 9.72. The number of aliphatic hydroxyl groups is 1. The standard InChI is InChI=1S/C10H20O2/c1-7(2)5-8-10(3,4)9(6-11)12-8/h7-9,11H,5-6H2,1-4H3/t8-,9-/m1/s1. The van der Waals surface area contributed by atoms with Crippen molar-refractivity contribution in [3.05, 3.63) is 0 Å². The molecule has 0 unspecified atom stereocenters. The van der Waals surface area contributed by atoms with Crippen molar-refractivity contribution in [3.63, 3.8) is 0 Å². The fourth-order valence-electron chi connectivity index (χ4n) is 1.75. The van der Waals surface area contributed by atoms with E-state index in [-0.39, 0.29) is 18.1 Å². The fraction of sp³-hybridized carbons (Fsp3) is 1.00. The molecular formula is C10H20O2. The summed E-state index contributed by atoms with van der Waals surface area (Å²) in [5, 5.41) is 8.95. The van der Waals surface area contributed by atoms with Crippen LogP contribution in [0.5, 0.6) is 0 Å². The molecule has 0 aromatic heterocycles. The van der Waals surface area contributed by atoms with Crippen LogP contribution in [0.3, 0.4) is 0 Å². The first-order valence-electron chi connectivity index (χ1n) is 4.74. The quantitative estimate of drug-likeness (QED) is 0.703. The highest BCUT2D eigenvalue weighted by Crippen LogP contribution is 2.43. The minimum Gasteiger partial charge on any atom is -0.394 e. The van der Waals surface area contributed by atoms with E-state index in [4.69, 9.17) is 9.84 Å². The van der Waals surface area contributed by atoms with Gasteiger partial charge in [-0.2, -0.15) is 0 Å². The Balaban J connectivity index is 2.42. The zero-order valence-electron chi connectivity index (χ0n) is 8.50. The van der Waals surface area contributed by atoms with Crippen molar-refractivity contribution in [1.29, 1.82) is 0 Å². The van der Waals surface area contributed by atoms with Crippen molar-refractivity contribution in [2.45, 2.75) is 46.3 Å². The summed E-state index contributed by atoms with van der Waals surface area (Å²) < 4.78 is 5.56. The Morgan fingerprint density at radius 3 is 2.25 bits per heavy atom. The van der Waals surface area contributed by atoms with Gasteiger partial charge in [0.05, 0.1) is 18.8 Å². The lowest BCUT2D eigenvalue weighted by Gasteiger charge is -2.52. The Morgan fingerprint density at radius 1 is 1.33 bits per heavy atom. The van der Waals surface area contributed by atoms with Gasteiger partial charge in [0.15, 0.2) is 0 Å². The molecule has 1 aliphatic rings. The van der Waals surface area contributed by atoms with E-state index in [2.05, 4.69) is 27.7 Å². The molecule has 1 fully saturated rings. The van der Waals surface area contributed by atoms with Crippen molar-refractivity contribution < 1.29 is 9.84 Å². The van der Waals surface area contributed by atoms with Gasteiger partial charge in [0, 0.05) is 5.41 Å². The summed E-state index contributed by atoms with van der Waals surface area (Å²) in [6, 6.07) is 0. The van der Waals surface area contributed by atoms with Gasteiger partial charge in [0.25, 0.3) is 0 Å². The van der Waals surface area contributed by atoms with Crippen LogP contribution in [0.15, 0.2) is 0 Å². The molecular weight excluding hydrogens is 152 g/mol. The molecule has 1 heterocycles. The van der Waals surface area contributed by atoms with Crippen LogP contribution in [-0.4, -0.2) is 23.9 Å². The Hall–Kier alpha value is -0.0800. The van der Waals surface area contributed by atoms with Gasteiger partial charge in [-0.3, -0.25) is 0 Å². The Morgan fingerprint density at radius 2 is 1.92 bits per heavy atom. The van der Waals surface area contributed by atoms with Gasteiger partial charge in [-0.05, 0) is 12.3 Å². The molecule has 1 rings (SSSR count). The van der Waals surface area contributed by atoms with Crippen molar-refractivity contribution in [2.24, 2.45) is 11.3 Å². The molecule has 0 saturated carbocycles. The molecule has 2 nitrogen and oxygen atoms in total. The smallest absolute Gasteiger partial charge is 0.0885 e. The summed E-state index contributed by atoms with van der Waals surface area (Å²) in [4.78, 5) is 0. The molecule has 2 atom stereocenters. The van der Waals surface area contributed by atoms with E-state index in [1.807, 2.05) is 0 Å². The first-order chi connectivity index (χ1) is 5.48. The van der Waals surface area contributed by atoms with Crippen LogP contribution in [0, 0.1) is 11.3 Å². The van der Waals surface area contributed by atoms with Gasteiger partial charge in [-0.25, -0.2) is 0 Å². The van der Waals surface area contributed by atoms with E-state index >= 15 is 0 Å². The Kier molecular flexibility index (Phi) is 2.79. The Bertz CT molecular complexity index is 152. The lowest BCUT2D eigenvalue weighted by molar-refractivity contribution is -0.250. The summed E-state index contributed by atoms with van der Waals surface area (Å²) in [6.45, 7) is 8.90. The molecule has 0 amide bonds. The second-order valence-electron chi connectivity index (χ2n) is 4.75. The molecule has 0 aromatic rings. The summed E-state index contributed by atoms with van der Waals surface area (Å²) in [5.74, 6) is 0.675. The molecule has 1 saturated heterocycles. The average Bonchev–Trinajstić information content (AvgIpc) is 1.96.